The van der Waals surface area contributed by atoms with Crippen LogP contribution in [0.25, 0.3) is 16.9 Å². The van der Waals surface area contributed by atoms with E-state index in [0.29, 0.717) is 0 Å². The van der Waals surface area contributed by atoms with E-state index in [4.69, 9.17) is 5.11 Å². The lowest BCUT2D eigenvalue weighted by molar-refractivity contribution is 0.284. The lowest BCUT2D eigenvalue weighted by atomic mass is 10.1. The summed E-state index contributed by atoms with van der Waals surface area (Å²) in [6.45, 7) is 2.30. The van der Waals surface area contributed by atoms with Gasteiger partial charge in [-0.05, 0) is 80.0 Å². The first-order valence-electron chi connectivity index (χ1n) is 8.86. The van der Waals surface area contributed by atoms with Gasteiger partial charge in [-0.1, -0.05) is 18.2 Å². The number of aliphatic hydroxyl groups excluding tert-OH is 1. The van der Waals surface area contributed by atoms with Crippen molar-refractivity contribution in [3.63, 3.8) is 0 Å². The Bertz CT molecular complexity index is 870. The van der Waals surface area contributed by atoms with Crippen molar-refractivity contribution in [1.29, 1.82) is 0 Å². The second kappa shape index (κ2) is 8.56. The molecule has 0 aliphatic rings. The highest BCUT2D eigenvalue weighted by Gasteiger charge is 2.15. The molecule has 0 saturated heterocycles. The van der Waals surface area contributed by atoms with Crippen molar-refractivity contribution >= 4 is 11.8 Å². The summed E-state index contributed by atoms with van der Waals surface area (Å²) in [7, 11) is 0. The average molecular weight is 370 g/mol. The Balaban J connectivity index is 2.09. The molecular formula is C22H24FNOS. The Morgan fingerprint density at radius 2 is 1.81 bits per heavy atom. The van der Waals surface area contributed by atoms with Crippen LogP contribution in [0.4, 0.5) is 4.39 Å². The smallest absolute Gasteiger partial charge is 0.125 e. The molecule has 0 amide bonds. The molecule has 26 heavy (non-hydrogen) atoms. The molecule has 0 aliphatic heterocycles. The van der Waals surface area contributed by atoms with E-state index in [1.54, 1.807) is 23.9 Å². The fourth-order valence-corrected chi connectivity index (χ4v) is 3.67. The third-order valence-corrected chi connectivity index (χ3v) is 5.40. The molecule has 0 unspecified atom stereocenters. The van der Waals surface area contributed by atoms with Crippen molar-refractivity contribution in [2.45, 2.75) is 31.1 Å². The van der Waals surface area contributed by atoms with Crippen LogP contribution < -0.4 is 0 Å². The number of hydrogen-bond donors (Lipinski definition) is 1. The van der Waals surface area contributed by atoms with Crippen molar-refractivity contribution in [2.24, 2.45) is 0 Å². The van der Waals surface area contributed by atoms with Gasteiger partial charge in [-0.3, -0.25) is 0 Å². The van der Waals surface area contributed by atoms with Crippen LogP contribution in [0.3, 0.4) is 0 Å². The number of rotatable bonds is 7. The van der Waals surface area contributed by atoms with Crippen molar-refractivity contribution in [2.75, 3.05) is 12.9 Å². The molecule has 0 saturated carbocycles. The second-order valence-electron chi connectivity index (χ2n) is 6.36. The van der Waals surface area contributed by atoms with E-state index in [1.807, 2.05) is 6.07 Å². The first-order valence-corrected chi connectivity index (χ1v) is 10.1. The van der Waals surface area contributed by atoms with Gasteiger partial charge in [0.25, 0.3) is 0 Å². The summed E-state index contributed by atoms with van der Waals surface area (Å²) in [6, 6.07) is 17.4. The van der Waals surface area contributed by atoms with E-state index >= 15 is 0 Å². The van der Waals surface area contributed by atoms with Crippen LogP contribution in [0.1, 0.15) is 24.1 Å². The van der Waals surface area contributed by atoms with Crippen LogP contribution in [0.15, 0.2) is 59.5 Å². The molecular weight excluding hydrogens is 345 g/mol. The van der Waals surface area contributed by atoms with Gasteiger partial charge in [0, 0.05) is 22.9 Å². The molecule has 0 spiro atoms. The average Bonchev–Trinajstić information content (AvgIpc) is 2.98. The maximum Gasteiger partial charge on any atom is 0.125 e. The zero-order valence-electron chi connectivity index (χ0n) is 15.2. The third kappa shape index (κ3) is 4.02. The van der Waals surface area contributed by atoms with Crippen molar-refractivity contribution in [3.8, 4) is 16.9 Å². The third-order valence-electron chi connectivity index (χ3n) is 4.66. The highest BCUT2D eigenvalue weighted by atomic mass is 32.2. The topological polar surface area (TPSA) is 25.2 Å². The number of aromatic nitrogens is 1. The lowest BCUT2D eigenvalue weighted by Gasteiger charge is -2.13. The van der Waals surface area contributed by atoms with Gasteiger partial charge in [-0.2, -0.15) is 0 Å². The minimum absolute atomic E-state index is 0.215. The monoisotopic (exact) mass is 369 g/mol. The number of hydrogen-bond acceptors (Lipinski definition) is 2. The Morgan fingerprint density at radius 1 is 1.04 bits per heavy atom. The standard InChI is InChI=1S/C22H24FNOS/c1-16-18(6-3-4-13-25)14-22(17-9-11-21(26-2)12-10-17)24(16)20-8-5-7-19(23)15-20/h5,7-12,14-15,25H,3-4,6,13H2,1-2H3. The number of unbranched alkanes of at least 4 members (excludes halogenated alkanes) is 1. The van der Waals surface area contributed by atoms with E-state index < -0.39 is 0 Å². The number of benzene rings is 2. The van der Waals surface area contributed by atoms with Crippen LogP contribution in [0.5, 0.6) is 0 Å². The Kier molecular flexibility index (Phi) is 6.17. The van der Waals surface area contributed by atoms with Gasteiger partial charge in [-0.15, -0.1) is 11.8 Å². The largest absolute Gasteiger partial charge is 0.396 e. The van der Waals surface area contributed by atoms with Crippen LogP contribution >= 0.6 is 11.8 Å². The molecule has 136 valence electrons. The minimum Gasteiger partial charge on any atom is -0.396 e. The maximum absolute atomic E-state index is 13.8. The molecule has 0 aliphatic carbocycles. The van der Waals surface area contributed by atoms with Gasteiger partial charge in [0.15, 0.2) is 0 Å². The molecule has 0 atom stereocenters. The SMILES string of the molecule is CSc1ccc(-c2cc(CCCCO)c(C)n2-c2cccc(F)c2)cc1. The summed E-state index contributed by atoms with van der Waals surface area (Å²) >= 11 is 1.72. The Labute approximate surface area is 158 Å². The predicted octanol–water partition coefficient (Wildman–Crippen LogP) is 5.63. The molecule has 3 aromatic rings. The van der Waals surface area contributed by atoms with E-state index in [2.05, 4.69) is 48.1 Å². The number of thioether (sulfide) groups is 1. The Morgan fingerprint density at radius 3 is 2.46 bits per heavy atom. The molecule has 3 rings (SSSR count). The zero-order valence-corrected chi connectivity index (χ0v) is 16.0. The molecule has 1 aromatic heterocycles. The molecule has 1 heterocycles. The molecule has 4 heteroatoms. The van der Waals surface area contributed by atoms with E-state index in [1.165, 1.54) is 16.5 Å². The van der Waals surface area contributed by atoms with E-state index in [-0.39, 0.29) is 12.4 Å². The number of nitrogens with zero attached hydrogens (tertiary/aromatic N) is 1. The first kappa shape index (κ1) is 18.7. The molecule has 0 radical (unpaired) electrons. The van der Waals surface area contributed by atoms with Crippen molar-refractivity contribution in [1.82, 2.24) is 4.57 Å². The van der Waals surface area contributed by atoms with E-state index in [0.717, 1.165) is 41.9 Å². The predicted molar refractivity (Wildman–Crippen MR) is 108 cm³/mol. The zero-order chi connectivity index (χ0) is 18.5. The van der Waals surface area contributed by atoms with Crippen molar-refractivity contribution in [3.05, 3.63) is 71.7 Å². The molecule has 2 aromatic carbocycles. The number of halogens is 1. The van der Waals surface area contributed by atoms with Crippen LogP contribution in [-0.4, -0.2) is 22.5 Å². The van der Waals surface area contributed by atoms with Gasteiger partial charge < -0.3 is 9.67 Å². The Hall–Kier alpha value is -2.04. The van der Waals surface area contributed by atoms with Gasteiger partial charge in [-0.25, -0.2) is 4.39 Å². The molecule has 1 N–H and O–H groups in total. The van der Waals surface area contributed by atoms with Gasteiger partial charge in [0.2, 0.25) is 0 Å². The highest BCUT2D eigenvalue weighted by molar-refractivity contribution is 7.98. The van der Waals surface area contributed by atoms with Gasteiger partial charge in [0.1, 0.15) is 5.82 Å². The van der Waals surface area contributed by atoms with Gasteiger partial charge in [0.05, 0.1) is 5.69 Å². The molecule has 0 bridgehead atoms. The van der Waals surface area contributed by atoms with Crippen molar-refractivity contribution < 1.29 is 9.50 Å². The fourth-order valence-electron chi connectivity index (χ4n) is 3.26. The molecule has 0 fully saturated rings. The fraction of sp³-hybridized carbons (Fsp3) is 0.273. The summed E-state index contributed by atoms with van der Waals surface area (Å²) in [5.74, 6) is -0.235. The summed E-state index contributed by atoms with van der Waals surface area (Å²) in [5.41, 5.74) is 5.38. The lowest BCUT2D eigenvalue weighted by Crippen LogP contribution is -2.00. The minimum atomic E-state index is -0.235. The summed E-state index contributed by atoms with van der Waals surface area (Å²) in [5, 5.41) is 9.06. The quantitative estimate of drug-likeness (QED) is 0.431. The second-order valence-corrected chi connectivity index (χ2v) is 7.24. The summed E-state index contributed by atoms with van der Waals surface area (Å²) in [6.07, 6.45) is 4.70. The van der Waals surface area contributed by atoms with Gasteiger partial charge >= 0.3 is 0 Å². The first-order chi connectivity index (χ1) is 12.6. The number of aryl methyl sites for hydroxylation is 1. The number of aliphatic hydroxyl groups is 1. The highest BCUT2D eigenvalue weighted by Crippen LogP contribution is 2.31. The van der Waals surface area contributed by atoms with Crippen LogP contribution in [-0.2, 0) is 6.42 Å². The van der Waals surface area contributed by atoms with Crippen LogP contribution in [0, 0.1) is 12.7 Å². The normalized spacial score (nSPS) is 11.1. The van der Waals surface area contributed by atoms with Crippen LogP contribution in [0.2, 0.25) is 0 Å². The maximum atomic E-state index is 13.8. The van der Waals surface area contributed by atoms with E-state index in [9.17, 15) is 4.39 Å². The summed E-state index contributed by atoms with van der Waals surface area (Å²) < 4.78 is 16.0. The molecule has 2 nitrogen and oxygen atoms in total. The summed E-state index contributed by atoms with van der Waals surface area (Å²) in [4.78, 5) is 1.22.